The third kappa shape index (κ3) is 4.08. The fraction of sp³-hybridized carbons (Fsp3) is 0.250. The maximum atomic E-state index is 11.7. The van der Waals surface area contributed by atoms with Gasteiger partial charge in [-0.05, 0) is 29.8 Å². The summed E-state index contributed by atoms with van der Waals surface area (Å²) in [5.74, 6) is 0.363. The van der Waals surface area contributed by atoms with Gasteiger partial charge in [0.05, 0.1) is 17.5 Å². The largest absolute Gasteiger partial charge is 0.368 e. The van der Waals surface area contributed by atoms with E-state index in [4.69, 9.17) is 28.9 Å². The van der Waals surface area contributed by atoms with Gasteiger partial charge >= 0.3 is 0 Å². The van der Waals surface area contributed by atoms with Crippen molar-refractivity contribution in [2.75, 3.05) is 18.0 Å². The number of anilines is 1. The molecule has 0 saturated heterocycles. The van der Waals surface area contributed by atoms with E-state index in [1.54, 1.807) is 24.0 Å². The molecule has 2 unspecified atom stereocenters. The highest BCUT2D eigenvalue weighted by atomic mass is 35.5. The van der Waals surface area contributed by atoms with Crippen LogP contribution in [0, 0.1) is 0 Å². The van der Waals surface area contributed by atoms with Crippen molar-refractivity contribution in [1.82, 2.24) is 15.2 Å². The standard InChI is InChI=1S/C20H19Cl2N5OS/c1-11-9-27(10-16(23)28)20-17(18(25-26-20)15-4-2-3-7-24-15)19(29-11)13-6-5-12(21)8-14(13)22/h2-8,11,19H,9-10H2,1H3,(H2,23,28)(H,25,26). The summed E-state index contributed by atoms with van der Waals surface area (Å²) in [6.07, 6.45) is 1.73. The molecule has 3 heterocycles. The molecule has 1 aliphatic rings. The third-order valence-electron chi connectivity index (χ3n) is 4.71. The molecule has 3 N–H and O–H groups in total. The Morgan fingerprint density at radius 1 is 1.34 bits per heavy atom. The number of primary amides is 1. The zero-order valence-electron chi connectivity index (χ0n) is 15.6. The molecule has 0 spiro atoms. The molecule has 0 fully saturated rings. The monoisotopic (exact) mass is 447 g/mol. The van der Waals surface area contributed by atoms with Gasteiger partial charge in [-0.15, -0.1) is 11.8 Å². The van der Waals surface area contributed by atoms with Gasteiger partial charge in [0.15, 0.2) is 0 Å². The summed E-state index contributed by atoms with van der Waals surface area (Å²) in [7, 11) is 0. The van der Waals surface area contributed by atoms with Crippen molar-refractivity contribution >= 4 is 46.7 Å². The van der Waals surface area contributed by atoms with E-state index in [1.807, 2.05) is 35.2 Å². The van der Waals surface area contributed by atoms with Gasteiger partial charge in [0, 0.05) is 33.6 Å². The number of thioether (sulfide) groups is 1. The Balaban J connectivity index is 1.92. The number of amides is 1. The maximum absolute atomic E-state index is 11.7. The van der Waals surface area contributed by atoms with Crippen LogP contribution in [-0.2, 0) is 4.79 Å². The van der Waals surface area contributed by atoms with Gasteiger partial charge in [-0.1, -0.05) is 42.3 Å². The summed E-state index contributed by atoms with van der Waals surface area (Å²) < 4.78 is 0. The zero-order chi connectivity index (χ0) is 20.5. The molecular formula is C20H19Cl2N5OS. The Kier molecular flexibility index (Phi) is 5.72. The number of pyridine rings is 1. The first kappa shape index (κ1) is 20.1. The van der Waals surface area contributed by atoms with Crippen LogP contribution >= 0.6 is 35.0 Å². The van der Waals surface area contributed by atoms with Gasteiger partial charge in [-0.25, -0.2) is 0 Å². The minimum atomic E-state index is -0.398. The number of H-pyrrole nitrogens is 1. The van der Waals surface area contributed by atoms with Crippen LogP contribution in [-0.4, -0.2) is 39.4 Å². The summed E-state index contributed by atoms with van der Waals surface area (Å²) in [6, 6.07) is 11.2. The molecule has 150 valence electrons. The maximum Gasteiger partial charge on any atom is 0.236 e. The molecule has 4 rings (SSSR count). The molecule has 0 saturated carbocycles. The highest BCUT2D eigenvalue weighted by Crippen LogP contribution is 2.49. The van der Waals surface area contributed by atoms with Crippen molar-refractivity contribution in [3.8, 4) is 11.4 Å². The van der Waals surface area contributed by atoms with E-state index in [1.165, 1.54) is 0 Å². The van der Waals surface area contributed by atoms with Gasteiger partial charge in [0.2, 0.25) is 5.91 Å². The Labute approximate surface area is 182 Å². The molecule has 2 aromatic heterocycles. The van der Waals surface area contributed by atoms with Gasteiger partial charge in [0.25, 0.3) is 0 Å². The Morgan fingerprint density at radius 2 is 2.17 bits per heavy atom. The van der Waals surface area contributed by atoms with Gasteiger partial charge in [-0.2, -0.15) is 5.10 Å². The number of halogens is 2. The molecule has 1 amide bonds. The topological polar surface area (TPSA) is 87.9 Å². The molecule has 1 aromatic carbocycles. The number of aromatic amines is 1. The summed E-state index contributed by atoms with van der Waals surface area (Å²) in [4.78, 5) is 18.1. The molecule has 0 bridgehead atoms. The van der Waals surface area contributed by atoms with Crippen molar-refractivity contribution in [2.45, 2.75) is 17.4 Å². The van der Waals surface area contributed by atoms with Crippen LogP contribution in [0.3, 0.4) is 0 Å². The van der Waals surface area contributed by atoms with E-state index in [9.17, 15) is 4.79 Å². The molecule has 29 heavy (non-hydrogen) atoms. The number of nitrogens with two attached hydrogens (primary N) is 1. The minimum absolute atomic E-state index is 0.100. The van der Waals surface area contributed by atoms with E-state index in [0.717, 1.165) is 28.3 Å². The summed E-state index contributed by atoms with van der Waals surface area (Å²) in [5.41, 5.74) is 8.86. The number of aromatic nitrogens is 3. The van der Waals surface area contributed by atoms with E-state index in [-0.39, 0.29) is 17.0 Å². The SMILES string of the molecule is CC1CN(CC(N)=O)c2[nH]nc(-c3ccccn3)c2C(c2ccc(Cl)cc2Cl)S1. The lowest BCUT2D eigenvalue weighted by Crippen LogP contribution is -2.37. The average molecular weight is 448 g/mol. The third-order valence-corrected chi connectivity index (χ3v) is 6.65. The lowest BCUT2D eigenvalue weighted by atomic mass is 10.0. The van der Waals surface area contributed by atoms with Gasteiger partial charge < -0.3 is 10.6 Å². The minimum Gasteiger partial charge on any atom is -0.368 e. The number of benzene rings is 1. The number of carbonyl (C=O) groups excluding carboxylic acids is 1. The normalized spacial score (nSPS) is 18.9. The van der Waals surface area contributed by atoms with Crippen LogP contribution in [0.2, 0.25) is 10.0 Å². The Morgan fingerprint density at radius 3 is 2.86 bits per heavy atom. The van der Waals surface area contributed by atoms with E-state index >= 15 is 0 Å². The quantitative estimate of drug-likeness (QED) is 0.622. The number of carbonyl (C=O) groups is 1. The molecule has 6 nitrogen and oxygen atoms in total. The lowest BCUT2D eigenvalue weighted by Gasteiger charge is -2.22. The van der Waals surface area contributed by atoms with Crippen molar-refractivity contribution < 1.29 is 4.79 Å². The molecular weight excluding hydrogens is 429 g/mol. The van der Waals surface area contributed by atoms with Gasteiger partial charge in [0.1, 0.15) is 11.5 Å². The molecule has 2 atom stereocenters. The van der Waals surface area contributed by atoms with E-state index in [2.05, 4.69) is 22.1 Å². The molecule has 0 radical (unpaired) electrons. The van der Waals surface area contributed by atoms with Crippen molar-refractivity contribution in [2.24, 2.45) is 5.73 Å². The molecule has 1 aliphatic heterocycles. The second-order valence-electron chi connectivity index (χ2n) is 6.89. The molecule has 9 heteroatoms. The van der Waals surface area contributed by atoms with Crippen molar-refractivity contribution in [1.29, 1.82) is 0 Å². The van der Waals surface area contributed by atoms with E-state index in [0.29, 0.717) is 16.6 Å². The van der Waals surface area contributed by atoms with Crippen LogP contribution in [0.4, 0.5) is 5.82 Å². The predicted molar refractivity (Wildman–Crippen MR) is 119 cm³/mol. The fourth-order valence-corrected chi connectivity index (χ4v) is 5.57. The smallest absolute Gasteiger partial charge is 0.236 e. The average Bonchev–Trinajstić information content (AvgIpc) is 3.06. The molecule has 0 aliphatic carbocycles. The fourth-order valence-electron chi connectivity index (χ4n) is 3.55. The number of nitrogens with zero attached hydrogens (tertiary/aromatic N) is 3. The zero-order valence-corrected chi connectivity index (χ0v) is 17.9. The summed E-state index contributed by atoms with van der Waals surface area (Å²) in [6.45, 7) is 2.87. The van der Waals surface area contributed by atoms with Crippen LogP contribution in [0.15, 0.2) is 42.6 Å². The Bertz CT molecular complexity index is 1040. The van der Waals surface area contributed by atoms with Crippen molar-refractivity contribution in [3.05, 3.63) is 63.8 Å². The summed E-state index contributed by atoms with van der Waals surface area (Å²) in [5, 5.41) is 8.94. The van der Waals surface area contributed by atoms with E-state index < -0.39 is 5.91 Å². The van der Waals surface area contributed by atoms with Crippen LogP contribution in [0.5, 0.6) is 0 Å². The first-order chi connectivity index (χ1) is 13.9. The number of nitrogens with one attached hydrogen (secondary N) is 1. The highest BCUT2D eigenvalue weighted by molar-refractivity contribution is 8.00. The number of hydrogen-bond acceptors (Lipinski definition) is 5. The molecule has 3 aromatic rings. The Hall–Kier alpha value is -2.22. The predicted octanol–water partition coefficient (Wildman–Crippen LogP) is 4.29. The highest BCUT2D eigenvalue weighted by Gasteiger charge is 2.35. The van der Waals surface area contributed by atoms with Crippen LogP contribution in [0.25, 0.3) is 11.4 Å². The summed E-state index contributed by atoms with van der Waals surface area (Å²) >= 11 is 14.5. The van der Waals surface area contributed by atoms with Gasteiger partial charge in [-0.3, -0.25) is 14.9 Å². The van der Waals surface area contributed by atoms with Crippen molar-refractivity contribution in [3.63, 3.8) is 0 Å². The number of rotatable bonds is 4. The number of fused-ring (bicyclic) bond motifs is 1. The first-order valence-corrected chi connectivity index (χ1v) is 10.8. The second-order valence-corrected chi connectivity index (χ2v) is 9.28. The first-order valence-electron chi connectivity index (χ1n) is 9.07. The van der Waals surface area contributed by atoms with Crippen LogP contribution in [0.1, 0.15) is 23.3 Å². The second kappa shape index (κ2) is 8.26. The van der Waals surface area contributed by atoms with Crippen LogP contribution < -0.4 is 10.6 Å². The lowest BCUT2D eigenvalue weighted by molar-refractivity contribution is -0.116. The number of hydrogen-bond donors (Lipinski definition) is 2.